The molecule has 1 amide bonds. The zero-order valence-electron chi connectivity index (χ0n) is 19.8. The van der Waals surface area contributed by atoms with Crippen LogP contribution in [0.1, 0.15) is 95.6 Å². The molecule has 4 N–H and O–H groups in total. The highest BCUT2D eigenvalue weighted by atomic mass is 19.4. The number of rotatable bonds is 18. The summed E-state index contributed by atoms with van der Waals surface area (Å²) in [6.07, 6.45) is 10.1. The summed E-state index contributed by atoms with van der Waals surface area (Å²) >= 11 is 0. The van der Waals surface area contributed by atoms with E-state index in [1.165, 1.54) is 64.2 Å². The molecule has 1 rings (SSSR count). The third kappa shape index (κ3) is 12.9. The van der Waals surface area contributed by atoms with Crippen molar-refractivity contribution < 1.29 is 27.8 Å². The summed E-state index contributed by atoms with van der Waals surface area (Å²) in [7, 11) is 0. The van der Waals surface area contributed by atoms with Crippen molar-refractivity contribution in [2.75, 3.05) is 13.2 Å². The van der Waals surface area contributed by atoms with E-state index in [0.29, 0.717) is 17.9 Å². The second-order valence-electron chi connectivity index (χ2n) is 8.60. The van der Waals surface area contributed by atoms with Crippen molar-refractivity contribution in [2.24, 2.45) is 5.73 Å². The van der Waals surface area contributed by atoms with Crippen LogP contribution in [0.5, 0.6) is 5.75 Å². The molecule has 190 valence electrons. The molecular weight excluding hydrogens is 433 g/mol. The minimum absolute atomic E-state index is 0.367. The van der Waals surface area contributed by atoms with Crippen LogP contribution < -0.4 is 15.8 Å². The number of hydrogen-bond donors (Lipinski definition) is 3. The smallest absolute Gasteiger partial charge is 0.471 e. The normalized spacial score (nSPS) is 13.5. The second kappa shape index (κ2) is 16.8. The summed E-state index contributed by atoms with van der Waals surface area (Å²) in [6, 6.07) is 4.14. The Bertz CT molecular complexity index is 639. The van der Waals surface area contributed by atoms with E-state index in [4.69, 9.17) is 10.5 Å². The molecule has 0 fully saturated rings. The van der Waals surface area contributed by atoms with Gasteiger partial charge in [-0.1, -0.05) is 89.7 Å². The monoisotopic (exact) mass is 474 g/mol. The van der Waals surface area contributed by atoms with Crippen LogP contribution in [0.25, 0.3) is 0 Å². The highest BCUT2D eigenvalue weighted by molar-refractivity contribution is 5.82. The molecule has 0 radical (unpaired) electrons. The number of hydrogen-bond acceptors (Lipinski definition) is 4. The predicted octanol–water partition coefficient (Wildman–Crippen LogP) is 5.81. The van der Waals surface area contributed by atoms with Gasteiger partial charge in [0.2, 0.25) is 0 Å². The lowest BCUT2D eigenvalue weighted by molar-refractivity contribution is -0.174. The first-order valence-electron chi connectivity index (χ1n) is 12.3. The number of nitrogens with two attached hydrogens (primary N) is 1. The molecule has 0 bridgehead atoms. The Morgan fingerprint density at radius 1 is 0.939 bits per heavy atom. The fraction of sp³-hybridized carbons (Fsp3) is 0.720. The maximum atomic E-state index is 12.6. The number of aliphatic hydroxyl groups is 1. The van der Waals surface area contributed by atoms with Crippen LogP contribution >= 0.6 is 0 Å². The second-order valence-corrected chi connectivity index (χ2v) is 8.60. The first kappa shape index (κ1) is 29.2. The molecule has 0 saturated carbocycles. The van der Waals surface area contributed by atoms with Crippen LogP contribution in [0.2, 0.25) is 0 Å². The molecule has 8 heteroatoms. The van der Waals surface area contributed by atoms with Gasteiger partial charge < -0.3 is 20.9 Å². The van der Waals surface area contributed by atoms with Crippen molar-refractivity contribution in [3.63, 3.8) is 0 Å². The van der Waals surface area contributed by atoms with E-state index in [2.05, 4.69) is 6.92 Å². The summed E-state index contributed by atoms with van der Waals surface area (Å²) in [4.78, 5) is 11.3. The minimum Gasteiger partial charge on any atom is -0.494 e. The van der Waals surface area contributed by atoms with Crippen LogP contribution in [0.4, 0.5) is 13.2 Å². The molecule has 1 aromatic carbocycles. The highest BCUT2D eigenvalue weighted by Crippen LogP contribution is 2.23. The van der Waals surface area contributed by atoms with Gasteiger partial charge in [-0.3, -0.25) is 4.79 Å². The molecule has 0 heterocycles. The molecule has 33 heavy (non-hydrogen) atoms. The number of unbranched alkanes of at least 4 members (excludes halogenated alkanes) is 11. The Hall–Kier alpha value is -1.80. The Morgan fingerprint density at radius 3 is 1.88 bits per heavy atom. The number of alkyl halides is 3. The Balaban J connectivity index is 2.26. The number of aliphatic hydroxyl groups excluding tert-OH is 1. The summed E-state index contributed by atoms with van der Waals surface area (Å²) in [5, 5.41) is 11.1. The summed E-state index contributed by atoms with van der Waals surface area (Å²) in [6.45, 7) is 2.24. The van der Waals surface area contributed by atoms with Crippen molar-refractivity contribution >= 4 is 5.91 Å². The number of benzene rings is 1. The maximum absolute atomic E-state index is 12.6. The van der Waals surface area contributed by atoms with Gasteiger partial charge in [0, 0.05) is 0 Å². The minimum atomic E-state index is -5.02. The largest absolute Gasteiger partial charge is 0.494 e. The molecule has 0 aliphatic carbocycles. The summed E-state index contributed by atoms with van der Waals surface area (Å²) < 4.78 is 43.4. The first-order chi connectivity index (χ1) is 15.8. The number of carbonyl (C=O) groups excluding carboxylic acids is 1. The van der Waals surface area contributed by atoms with Crippen molar-refractivity contribution in [3.8, 4) is 5.75 Å². The van der Waals surface area contributed by atoms with Gasteiger partial charge in [-0.05, 0) is 24.1 Å². The van der Waals surface area contributed by atoms with Crippen LogP contribution in [0.15, 0.2) is 24.3 Å². The lowest BCUT2D eigenvalue weighted by Crippen LogP contribution is -2.47. The number of amides is 1. The van der Waals surface area contributed by atoms with E-state index in [0.717, 1.165) is 12.8 Å². The predicted molar refractivity (Wildman–Crippen MR) is 125 cm³/mol. The maximum Gasteiger partial charge on any atom is 0.471 e. The first-order valence-corrected chi connectivity index (χ1v) is 12.3. The van der Waals surface area contributed by atoms with Crippen molar-refractivity contribution in [1.29, 1.82) is 0 Å². The van der Waals surface area contributed by atoms with Gasteiger partial charge in [-0.2, -0.15) is 13.2 Å². The molecule has 0 aliphatic rings. The Morgan fingerprint density at radius 2 is 1.42 bits per heavy atom. The van der Waals surface area contributed by atoms with E-state index in [1.54, 1.807) is 24.3 Å². The van der Waals surface area contributed by atoms with Gasteiger partial charge in [0.15, 0.2) is 0 Å². The fourth-order valence-electron chi connectivity index (χ4n) is 3.67. The van der Waals surface area contributed by atoms with Crippen LogP contribution in [-0.4, -0.2) is 36.4 Å². The topological polar surface area (TPSA) is 84.6 Å². The zero-order valence-corrected chi connectivity index (χ0v) is 19.8. The van der Waals surface area contributed by atoms with E-state index in [9.17, 15) is 23.1 Å². The van der Waals surface area contributed by atoms with E-state index < -0.39 is 30.8 Å². The molecule has 5 nitrogen and oxygen atoms in total. The SMILES string of the molecule is CCCCCCCCCCCCCCOc1ccc(C(NC(=O)C(F)(F)F)C(N)CO)cc1. The molecule has 0 spiro atoms. The third-order valence-corrected chi connectivity index (χ3v) is 5.69. The summed E-state index contributed by atoms with van der Waals surface area (Å²) in [5.41, 5.74) is 6.07. The molecule has 0 aliphatic heterocycles. The fourth-order valence-corrected chi connectivity index (χ4v) is 3.67. The molecular formula is C25H41F3N2O3. The average molecular weight is 475 g/mol. The van der Waals surface area contributed by atoms with Crippen molar-refractivity contribution in [1.82, 2.24) is 5.32 Å². The van der Waals surface area contributed by atoms with E-state index in [-0.39, 0.29) is 0 Å². The van der Waals surface area contributed by atoms with Gasteiger partial charge >= 0.3 is 12.1 Å². The van der Waals surface area contributed by atoms with Gasteiger partial charge in [-0.15, -0.1) is 0 Å². The Labute approximate surface area is 196 Å². The number of halogens is 3. The van der Waals surface area contributed by atoms with Crippen molar-refractivity contribution in [3.05, 3.63) is 29.8 Å². The van der Waals surface area contributed by atoms with Gasteiger partial charge in [0.05, 0.1) is 25.3 Å². The van der Waals surface area contributed by atoms with Crippen molar-refractivity contribution in [2.45, 2.75) is 102 Å². The van der Waals surface area contributed by atoms with Gasteiger partial charge in [0.1, 0.15) is 5.75 Å². The number of carbonyl (C=O) groups is 1. The molecule has 2 unspecified atom stereocenters. The molecule has 1 aromatic rings. The third-order valence-electron chi connectivity index (χ3n) is 5.69. The zero-order chi connectivity index (χ0) is 24.5. The van der Waals surface area contributed by atoms with Gasteiger partial charge in [-0.25, -0.2) is 0 Å². The molecule has 2 atom stereocenters. The lowest BCUT2D eigenvalue weighted by atomic mass is 10.00. The summed E-state index contributed by atoms with van der Waals surface area (Å²) in [5.74, 6) is -1.50. The standard InChI is InChI=1S/C25H41F3N2O3/c1-2-3-4-5-6-7-8-9-10-11-12-13-18-33-21-16-14-20(15-17-21)23(22(29)19-31)30-24(32)25(26,27)28/h14-17,22-23,31H,2-13,18-19,29H2,1H3,(H,30,32). The van der Waals surface area contributed by atoms with E-state index in [1.807, 2.05) is 5.32 Å². The molecule has 0 saturated heterocycles. The van der Waals surface area contributed by atoms with E-state index >= 15 is 0 Å². The Kier molecular flexibility index (Phi) is 14.8. The van der Waals surface area contributed by atoms with Crippen LogP contribution in [0, 0.1) is 0 Å². The molecule has 0 aromatic heterocycles. The highest BCUT2D eigenvalue weighted by Gasteiger charge is 2.40. The number of nitrogens with one attached hydrogen (secondary N) is 1. The quantitative estimate of drug-likeness (QED) is 0.235. The lowest BCUT2D eigenvalue weighted by Gasteiger charge is -2.24. The van der Waals surface area contributed by atoms with Crippen LogP contribution in [0.3, 0.4) is 0 Å². The number of ether oxygens (including phenoxy) is 1. The average Bonchev–Trinajstić information content (AvgIpc) is 2.79. The van der Waals surface area contributed by atoms with Gasteiger partial charge in [0.25, 0.3) is 0 Å². The van der Waals surface area contributed by atoms with Crippen LogP contribution in [-0.2, 0) is 4.79 Å².